The van der Waals surface area contributed by atoms with Gasteiger partial charge in [-0.3, -0.25) is 0 Å². The van der Waals surface area contributed by atoms with Crippen LogP contribution >= 0.6 is 0 Å². The van der Waals surface area contributed by atoms with E-state index in [1.807, 2.05) is 0 Å². The van der Waals surface area contributed by atoms with Crippen LogP contribution in [0.15, 0.2) is 109 Å². The molecule has 4 nitrogen and oxygen atoms in total. The summed E-state index contributed by atoms with van der Waals surface area (Å²) in [4.78, 5) is 2.62. The number of para-hydroxylation sites is 2. The normalized spacial score (nSPS) is 19.5. The molecule has 1 spiro atoms. The maximum absolute atomic E-state index is 2.71. The molecular formula is C39H26N4+2. The molecule has 12 rings (SSSR count). The molecule has 1 atom stereocenters. The van der Waals surface area contributed by atoms with Crippen LogP contribution in [0.4, 0.5) is 17.1 Å². The van der Waals surface area contributed by atoms with Gasteiger partial charge in [-0.25, -0.2) is 0 Å². The summed E-state index contributed by atoms with van der Waals surface area (Å²) in [5, 5.41) is 2.67. The highest BCUT2D eigenvalue weighted by Crippen LogP contribution is 2.64. The zero-order valence-electron chi connectivity index (χ0n) is 23.9. The van der Waals surface area contributed by atoms with Crippen molar-refractivity contribution in [3.8, 4) is 17.2 Å². The maximum Gasteiger partial charge on any atom is 0.372 e. The second-order valence-electron chi connectivity index (χ2n) is 13.4. The Morgan fingerprint density at radius 3 is 2.35 bits per heavy atom. The molecule has 0 saturated carbocycles. The zero-order chi connectivity index (χ0) is 28.0. The molecule has 0 N–H and O–H groups in total. The first-order valence-electron chi connectivity index (χ1n) is 15.4. The summed E-state index contributed by atoms with van der Waals surface area (Å²) in [5.74, 6) is 1.23. The van der Waals surface area contributed by atoms with E-state index in [-0.39, 0.29) is 5.41 Å². The van der Waals surface area contributed by atoms with E-state index in [9.17, 15) is 0 Å². The first kappa shape index (κ1) is 21.5. The summed E-state index contributed by atoms with van der Waals surface area (Å²) in [6, 6.07) is 41.5. The van der Waals surface area contributed by atoms with E-state index >= 15 is 0 Å². The summed E-state index contributed by atoms with van der Waals surface area (Å²) in [6.45, 7) is 4.85. The average Bonchev–Trinajstić information content (AvgIpc) is 3.53. The highest BCUT2D eigenvalue weighted by molar-refractivity contribution is 6.14. The fraction of sp³-hybridized carbons (Fsp3) is 0.128. The van der Waals surface area contributed by atoms with Crippen molar-refractivity contribution < 1.29 is 9.13 Å². The van der Waals surface area contributed by atoms with Crippen LogP contribution in [0.2, 0.25) is 0 Å². The van der Waals surface area contributed by atoms with E-state index in [2.05, 4.69) is 142 Å². The number of rotatable bonds is 0. The first-order valence-corrected chi connectivity index (χ1v) is 15.4. The third-order valence-electron chi connectivity index (χ3n) is 11.3. The Hall–Kier alpha value is -5.22. The Balaban J connectivity index is 1.46. The van der Waals surface area contributed by atoms with Crippen LogP contribution in [-0.2, 0) is 17.5 Å². The third-order valence-corrected chi connectivity index (χ3v) is 11.3. The lowest BCUT2D eigenvalue weighted by atomic mass is 9.67. The summed E-state index contributed by atoms with van der Waals surface area (Å²) >= 11 is 0. The second kappa shape index (κ2) is 6.40. The molecule has 4 heteroatoms. The van der Waals surface area contributed by atoms with Gasteiger partial charge in [-0.2, -0.15) is 4.57 Å². The van der Waals surface area contributed by atoms with Gasteiger partial charge in [0.15, 0.2) is 11.2 Å². The maximum atomic E-state index is 2.71. The van der Waals surface area contributed by atoms with Crippen molar-refractivity contribution in [3.05, 3.63) is 143 Å². The Morgan fingerprint density at radius 1 is 0.651 bits per heavy atom. The van der Waals surface area contributed by atoms with E-state index in [4.69, 9.17) is 0 Å². The highest BCUT2D eigenvalue weighted by atomic mass is 15.4. The Kier molecular flexibility index (Phi) is 3.20. The molecule has 0 amide bonds. The van der Waals surface area contributed by atoms with Crippen LogP contribution in [0.3, 0.4) is 0 Å². The predicted molar refractivity (Wildman–Crippen MR) is 168 cm³/mol. The van der Waals surface area contributed by atoms with Crippen molar-refractivity contribution in [1.82, 2.24) is 4.57 Å². The van der Waals surface area contributed by atoms with Crippen LogP contribution in [0.25, 0.3) is 39.0 Å². The fourth-order valence-electron chi connectivity index (χ4n) is 9.78. The lowest BCUT2D eigenvalue weighted by Crippen LogP contribution is -2.76. The van der Waals surface area contributed by atoms with Gasteiger partial charge in [0, 0.05) is 34.4 Å². The van der Waals surface area contributed by atoms with Crippen LogP contribution in [0, 0.1) is 0 Å². The summed E-state index contributed by atoms with van der Waals surface area (Å²) < 4.78 is 7.96. The Labute approximate surface area is 248 Å². The average molecular weight is 551 g/mol. The predicted octanol–water partition coefficient (Wildman–Crippen LogP) is 7.28. The molecule has 0 aliphatic carbocycles. The molecule has 0 radical (unpaired) electrons. The van der Waals surface area contributed by atoms with Crippen molar-refractivity contribution in [2.24, 2.45) is 0 Å². The smallest absolute Gasteiger partial charge is 0.308 e. The van der Waals surface area contributed by atoms with E-state index in [0.717, 1.165) is 6.42 Å². The van der Waals surface area contributed by atoms with Gasteiger partial charge in [0.1, 0.15) is 16.6 Å². The molecule has 8 heterocycles. The van der Waals surface area contributed by atoms with Gasteiger partial charge in [0.05, 0.1) is 23.5 Å². The topological polar surface area (TPSA) is 15.9 Å². The molecule has 0 bridgehead atoms. The van der Waals surface area contributed by atoms with Crippen LogP contribution in [0.1, 0.15) is 47.4 Å². The zero-order valence-corrected chi connectivity index (χ0v) is 23.9. The molecule has 1 unspecified atom stereocenters. The molecule has 5 aliphatic rings. The van der Waals surface area contributed by atoms with E-state index in [0.29, 0.717) is 0 Å². The number of benzene rings is 4. The second-order valence-corrected chi connectivity index (χ2v) is 13.4. The minimum Gasteiger partial charge on any atom is -0.308 e. The van der Waals surface area contributed by atoms with Crippen molar-refractivity contribution in [3.63, 3.8) is 0 Å². The molecular weight excluding hydrogens is 524 g/mol. The van der Waals surface area contributed by atoms with Crippen molar-refractivity contribution in [2.75, 3.05) is 4.90 Å². The Morgan fingerprint density at radius 2 is 1.42 bits per heavy atom. The number of hydrogen-bond donors (Lipinski definition) is 0. The lowest BCUT2D eigenvalue weighted by molar-refractivity contribution is -0.940. The van der Waals surface area contributed by atoms with Gasteiger partial charge in [-0.1, -0.05) is 56.3 Å². The largest absolute Gasteiger partial charge is 0.372 e. The number of aromatic nitrogens is 3. The summed E-state index contributed by atoms with van der Waals surface area (Å²) in [7, 11) is 0. The summed E-state index contributed by atoms with van der Waals surface area (Å²) in [6.07, 6.45) is 0.921. The molecule has 5 aliphatic heterocycles. The minimum atomic E-state index is -0.505. The fourth-order valence-corrected chi connectivity index (χ4v) is 9.78. The van der Waals surface area contributed by atoms with Gasteiger partial charge >= 0.3 is 5.66 Å². The molecule has 0 saturated heterocycles. The SMILES string of the molecule is CC1(C)c2ccccc2N2c3cccc4c3C35c6c2c1cc1c2ccccc2n(c61)-c1cccc([n+]13)-c1cccc([n+]15)C4. The molecule has 7 aromatic rings. The first-order chi connectivity index (χ1) is 21.1. The third kappa shape index (κ3) is 1.96. The van der Waals surface area contributed by atoms with Gasteiger partial charge in [0.25, 0.3) is 11.5 Å². The van der Waals surface area contributed by atoms with Gasteiger partial charge < -0.3 is 4.90 Å². The monoisotopic (exact) mass is 550 g/mol. The standard InChI is InChI=1S/C39H26N4/c1-38(2)26-13-4-6-15-29(26)40-32-18-7-10-22-20-23-11-8-16-30-31-17-9-19-33-41-28-14-5-3-12-24(28)25-21-27(38)37(40)35(36(25)41)39(34(22)32,42(23)30)43(31)33/h3-19,21H,20H2,1-2H3/q+2. The van der Waals surface area contributed by atoms with E-state index in [1.165, 1.54) is 89.6 Å². The number of nitrogens with zero attached hydrogens (tertiary/aromatic N) is 4. The molecule has 200 valence electrons. The lowest BCUT2D eigenvalue weighted by Gasteiger charge is -2.49. The number of fused-ring (bicyclic) bond motifs is 8. The Bertz CT molecular complexity index is 2530. The molecule has 0 fully saturated rings. The number of pyridine rings is 2. The van der Waals surface area contributed by atoms with E-state index < -0.39 is 5.66 Å². The molecule has 43 heavy (non-hydrogen) atoms. The van der Waals surface area contributed by atoms with Gasteiger partial charge in [-0.15, -0.1) is 9.13 Å². The van der Waals surface area contributed by atoms with Gasteiger partial charge in [0.2, 0.25) is 5.69 Å². The number of hydrogen-bond acceptors (Lipinski definition) is 1. The van der Waals surface area contributed by atoms with Crippen molar-refractivity contribution >= 4 is 38.9 Å². The summed E-state index contributed by atoms with van der Waals surface area (Å²) in [5.41, 5.74) is 16.9. The van der Waals surface area contributed by atoms with Crippen molar-refractivity contribution in [2.45, 2.75) is 31.3 Å². The van der Waals surface area contributed by atoms with Gasteiger partial charge in [-0.05, 0) is 65.2 Å². The minimum absolute atomic E-state index is 0.174. The van der Waals surface area contributed by atoms with Crippen LogP contribution in [0.5, 0.6) is 0 Å². The van der Waals surface area contributed by atoms with E-state index in [1.54, 1.807) is 0 Å². The van der Waals surface area contributed by atoms with Crippen LogP contribution in [-0.4, -0.2) is 4.57 Å². The molecule has 3 aromatic heterocycles. The number of anilines is 3. The van der Waals surface area contributed by atoms with Crippen molar-refractivity contribution in [1.29, 1.82) is 0 Å². The highest BCUT2D eigenvalue weighted by Gasteiger charge is 2.71. The quantitative estimate of drug-likeness (QED) is 0.181. The van der Waals surface area contributed by atoms with Crippen LogP contribution < -0.4 is 14.0 Å². The molecule has 4 aromatic carbocycles.